The summed E-state index contributed by atoms with van der Waals surface area (Å²) < 4.78 is 35.0. The van der Waals surface area contributed by atoms with Gasteiger partial charge in [-0.15, -0.1) is 5.06 Å². The topological polar surface area (TPSA) is 53.3 Å². The number of halogens is 3. The fourth-order valence-electron chi connectivity index (χ4n) is 1.04. The second-order valence-electron chi connectivity index (χ2n) is 3.35. The molecule has 0 radical (unpaired) electrons. The monoisotopic (exact) mass is 208 g/mol. The van der Waals surface area contributed by atoms with Crippen LogP contribution in [0.1, 0.15) is 6.92 Å². The van der Waals surface area contributed by atoms with Crippen LogP contribution in [0.4, 0.5) is 13.2 Å². The molecule has 0 unspecified atom stereocenters. The lowest BCUT2D eigenvalue weighted by Gasteiger charge is -2.40. The minimum absolute atomic E-state index is 0.00528. The summed E-state index contributed by atoms with van der Waals surface area (Å²) in [5.74, 6) is -2.25. The third-order valence-electron chi connectivity index (χ3n) is 1.76. The van der Waals surface area contributed by atoms with Gasteiger partial charge in [-0.25, -0.2) is 4.79 Å². The summed E-state index contributed by atoms with van der Waals surface area (Å²) in [6.45, 7) is 1.58. The van der Waals surface area contributed by atoms with Gasteiger partial charge in [0.2, 0.25) is 0 Å². The minimum atomic E-state index is -4.99. The third-order valence-corrected chi connectivity index (χ3v) is 1.76. The second kappa shape index (κ2) is 3.13. The van der Waals surface area contributed by atoms with Crippen LogP contribution < -0.4 is 0 Å². The number of carbonyl (C=O) groups is 1. The van der Waals surface area contributed by atoms with E-state index in [-0.39, 0.29) is 13.1 Å². The second-order valence-corrected chi connectivity index (χ2v) is 3.35. The molecule has 0 aromatic heterocycles. The van der Waals surface area contributed by atoms with E-state index < -0.39 is 17.6 Å². The Hall–Kier alpha value is -1.29. The molecule has 1 rings (SSSR count). The Morgan fingerprint density at radius 3 is 2.43 bits per heavy atom. The van der Waals surface area contributed by atoms with Gasteiger partial charge >= 0.3 is 12.1 Å². The Morgan fingerprint density at radius 1 is 1.57 bits per heavy atom. The zero-order valence-corrected chi connectivity index (χ0v) is 7.26. The van der Waals surface area contributed by atoms with Crippen molar-refractivity contribution in [3.8, 4) is 6.07 Å². The van der Waals surface area contributed by atoms with Crippen molar-refractivity contribution in [1.29, 1.82) is 5.26 Å². The van der Waals surface area contributed by atoms with E-state index in [0.29, 0.717) is 0 Å². The standard InChI is InChI=1S/C7H7F3N2O2/c1-6(2-11)3-12(4-6)14-5(13)7(8,9)10/h3-4H2,1H3. The maximum atomic E-state index is 11.7. The molecule has 0 saturated carbocycles. The highest BCUT2D eigenvalue weighted by atomic mass is 19.4. The highest BCUT2D eigenvalue weighted by Crippen LogP contribution is 2.30. The van der Waals surface area contributed by atoms with Crippen LogP contribution in [-0.2, 0) is 9.63 Å². The van der Waals surface area contributed by atoms with Crippen molar-refractivity contribution in [3.05, 3.63) is 0 Å². The van der Waals surface area contributed by atoms with Gasteiger partial charge in [0.15, 0.2) is 0 Å². The predicted molar refractivity (Wildman–Crippen MR) is 37.4 cm³/mol. The average Bonchev–Trinajstić information content (AvgIpc) is 1.99. The molecule has 1 fully saturated rings. The minimum Gasteiger partial charge on any atom is -0.361 e. The van der Waals surface area contributed by atoms with Crippen molar-refractivity contribution >= 4 is 5.97 Å². The van der Waals surface area contributed by atoms with Gasteiger partial charge in [0.05, 0.1) is 24.6 Å². The van der Waals surface area contributed by atoms with E-state index in [1.165, 1.54) is 0 Å². The highest BCUT2D eigenvalue weighted by molar-refractivity contribution is 5.75. The Labute approximate surface area is 77.8 Å². The highest BCUT2D eigenvalue weighted by Gasteiger charge is 2.47. The quantitative estimate of drug-likeness (QED) is 0.641. The van der Waals surface area contributed by atoms with Crippen LogP contribution in [0.15, 0.2) is 0 Å². The molecular weight excluding hydrogens is 201 g/mol. The van der Waals surface area contributed by atoms with Crippen LogP contribution in [0.3, 0.4) is 0 Å². The van der Waals surface area contributed by atoms with Gasteiger partial charge in [0.25, 0.3) is 0 Å². The Bertz CT molecular complexity index is 288. The maximum absolute atomic E-state index is 11.7. The van der Waals surface area contributed by atoms with E-state index in [0.717, 1.165) is 5.06 Å². The largest absolute Gasteiger partial charge is 0.492 e. The molecule has 0 N–H and O–H groups in total. The normalized spacial score (nSPS) is 20.8. The zero-order chi connectivity index (χ0) is 11.0. The first-order valence-electron chi connectivity index (χ1n) is 3.72. The van der Waals surface area contributed by atoms with Crippen LogP contribution in [0, 0.1) is 16.7 Å². The molecule has 0 aromatic rings. The van der Waals surface area contributed by atoms with Crippen molar-refractivity contribution in [3.63, 3.8) is 0 Å². The van der Waals surface area contributed by atoms with Gasteiger partial charge < -0.3 is 4.84 Å². The number of nitriles is 1. The number of carbonyl (C=O) groups excluding carboxylic acids is 1. The molecule has 0 aromatic carbocycles. The van der Waals surface area contributed by atoms with E-state index in [2.05, 4.69) is 4.84 Å². The molecule has 1 aliphatic rings. The van der Waals surface area contributed by atoms with Crippen molar-refractivity contribution < 1.29 is 22.8 Å². The van der Waals surface area contributed by atoms with E-state index in [1.54, 1.807) is 6.92 Å². The molecule has 1 aliphatic heterocycles. The number of alkyl halides is 3. The van der Waals surface area contributed by atoms with Gasteiger partial charge in [-0.1, -0.05) is 0 Å². The van der Waals surface area contributed by atoms with Crippen molar-refractivity contribution in [1.82, 2.24) is 5.06 Å². The number of hydrogen-bond donors (Lipinski definition) is 0. The molecule has 0 amide bonds. The number of rotatable bonds is 1. The third kappa shape index (κ3) is 2.14. The molecule has 0 bridgehead atoms. The van der Waals surface area contributed by atoms with E-state index in [9.17, 15) is 18.0 Å². The van der Waals surface area contributed by atoms with E-state index in [4.69, 9.17) is 5.26 Å². The molecule has 78 valence electrons. The Balaban J connectivity index is 2.38. The molecule has 14 heavy (non-hydrogen) atoms. The fraction of sp³-hybridized carbons (Fsp3) is 0.714. The van der Waals surface area contributed by atoms with Crippen molar-refractivity contribution in [2.24, 2.45) is 5.41 Å². The summed E-state index contributed by atoms with van der Waals surface area (Å²) in [7, 11) is 0. The molecule has 1 heterocycles. The lowest BCUT2D eigenvalue weighted by Crippen LogP contribution is -2.55. The first-order valence-corrected chi connectivity index (χ1v) is 3.72. The van der Waals surface area contributed by atoms with Crippen LogP contribution >= 0.6 is 0 Å². The van der Waals surface area contributed by atoms with Gasteiger partial charge in [-0.3, -0.25) is 0 Å². The molecule has 0 atom stereocenters. The van der Waals surface area contributed by atoms with E-state index >= 15 is 0 Å². The Kier molecular flexibility index (Phi) is 2.41. The van der Waals surface area contributed by atoms with Crippen LogP contribution in [0.2, 0.25) is 0 Å². The molecule has 0 spiro atoms. The van der Waals surface area contributed by atoms with Gasteiger partial charge in [0, 0.05) is 0 Å². The number of nitrogens with zero attached hydrogens (tertiary/aromatic N) is 2. The van der Waals surface area contributed by atoms with Crippen LogP contribution in [0.5, 0.6) is 0 Å². The zero-order valence-electron chi connectivity index (χ0n) is 7.26. The fourth-order valence-corrected chi connectivity index (χ4v) is 1.04. The number of hydrogen-bond acceptors (Lipinski definition) is 4. The maximum Gasteiger partial charge on any atom is 0.492 e. The summed E-state index contributed by atoms with van der Waals surface area (Å²) in [5, 5.41) is 9.34. The summed E-state index contributed by atoms with van der Waals surface area (Å²) >= 11 is 0. The Morgan fingerprint density at radius 2 is 2.07 bits per heavy atom. The lowest BCUT2D eigenvalue weighted by molar-refractivity contribution is -0.264. The first kappa shape index (κ1) is 10.8. The van der Waals surface area contributed by atoms with Crippen LogP contribution in [-0.4, -0.2) is 30.3 Å². The molecule has 1 saturated heterocycles. The van der Waals surface area contributed by atoms with Gasteiger partial charge in [-0.05, 0) is 6.92 Å². The summed E-state index contributed by atoms with van der Waals surface area (Å²) in [6, 6.07) is 1.91. The average molecular weight is 208 g/mol. The first-order chi connectivity index (χ1) is 6.27. The molecule has 4 nitrogen and oxygen atoms in total. The summed E-state index contributed by atoms with van der Waals surface area (Å²) in [4.78, 5) is 14.3. The molecule has 7 heteroatoms. The summed E-state index contributed by atoms with van der Waals surface area (Å²) in [6.07, 6.45) is -4.99. The SMILES string of the molecule is CC1(C#N)CN(OC(=O)C(F)(F)F)C1. The van der Waals surface area contributed by atoms with Crippen molar-refractivity contribution in [2.45, 2.75) is 13.1 Å². The molecule has 0 aliphatic carbocycles. The van der Waals surface area contributed by atoms with Gasteiger partial charge in [0.1, 0.15) is 0 Å². The van der Waals surface area contributed by atoms with Crippen molar-refractivity contribution in [2.75, 3.05) is 13.1 Å². The van der Waals surface area contributed by atoms with Crippen LogP contribution in [0.25, 0.3) is 0 Å². The predicted octanol–water partition coefficient (Wildman–Crippen LogP) is 0.852. The molecular formula is C7H7F3N2O2. The summed E-state index contributed by atoms with van der Waals surface area (Å²) in [5.41, 5.74) is -0.716. The van der Waals surface area contributed by atoms with Gasteiger partial charge in [-0.2, -0.15) is 18.4 Å². The smallest absolute Gasteiger partial charge is 0.361 e. The van der Waals surface area contributed by atoms with E-state index in [1.807, 2.05) is 6.07 Å². The lowest BCUT2D eigenvalue weighted by atomic mass is 9.86. The number of hydroxylamine groups is 2.